The van der Waals surface area contributed by atoms with E-state index in [1.165, 1.54) is 13.8 Å². The fourth-order valence-corrected chi connectivity index (χ4v) is 6.90. The lowest BCUT2D eigenvalue weighted by Crippen LogP contribution is -2.61. The van der Waals surface area contributed by atoms with Crippen LogP contribution in [-0.4, -0.2) is 49.7 Å². The fourth-order valence-electron chi connectivity index (χ4n) is 3.96. The van der Waals surface area contributed by atoms with Gasteiger partial charge in [-0.2, -0.15) is 26.3 Å². The molecule has 0 aliphatic heterocycles. The Morgan fingerprint density at radius 1 is 0.828 bits per heavy atom. The third-order valence-electron chi connectivity index (χ3n) is 6.60. The molecule has 1 rings (SSSR count). The number of hydrogen-bond donors (Lipinski definition) is 1. The first-order chi connectivity index (χ1) is 13.1. The summed E-state index contributed by atoms with van der Waals surface area (Å²) in [5.41, 5.74) is -6.11. The number of halogens is 6. The normalized spacial score (nSPS) is 22.8. The van der Waals surface area contributed by atoms with Gasteiger partial charge in [0.2, 0.25) is 0 Å². The summed E-state index contributed by atoms with van der Waals surface area (Å²) in [4.78, 5) is 0. The van der Waals surface area contributed by atoms with Crippen molar-refractivity contribution in [3.8, 4) is 0 Å². The third kappa shape index (κ3) is 6.10. The number of ether oxygens (including phenoxy) is 1. The first kappa shape index (κ1) is 26.7. The maximum absolute atomic E-state index is 12.9. The predicted octanol–water partition coefficient (Wildman–Crippen LogP) is 6.22. The van der Waals surface area contributed by atoms with E-state index in [0.29, 0.717) is 25.7 Å². The molecule has 0 aromatic heterocycles. The molecule has 1 aliphatic carbocycles. The Balaban J connectivity index is 2.74. The number of hydrogen-bond acceptors (Lipinski definition) is 3. The molecule has 1 aliphatic rings. The van der Waals surface area contributed by atoms with Gasteiger partial charge in [-0.15, -0.1) is 0 Å². The van der Waals surface area contributed by atoms with Crippen molar-refractivity contribution in [2.75, 3.05) is 6.61 Å². The molecule has 0 aromatic rings. The molecule has 0 bridgehead atoms. The van der Waals surface area contributed by atoms with Gasteiger partial charge in [0.25, 0.3) is 5.60 Å². The van der Waals surface area contributed by atoms with Crippen molar-refractivity contribution in [3.05, 3.63) is 0 Å². The third-order valence-corrected chi connectivity index (χ3v) is 11.3. The van der Waals surface area contributed by atoms with E-state index in [0.717, 1.165) is 18.1 Å². The Bertz CT molecular complexity index is 487. The molecule has 29 heavy (non-hydrogen) atoms. The van der Waals surface area contributed by atoms with Crippen LogP contribution in [0.15, 0.2) is 0 Å². The number of aliphatic hydroxyl groups is 1. The summed E-state index contributed by atoms with van der Waals surface area (Å²) in [6.07, 6.45) is -9.08. The molecule has 0 saturated heterocycles. The van der Waals surface area contributed by atoms with Crippen LogP contribution < -0.4 is 0 Å². The van der Waals surface area contributed by atoms with Gasteiger partial charge < -0.3 is 14.3 Å². The van der Waals surface area contributed by atoms with Crippen molar-refractivity contribution >= 4 is 8.32 Å². The van der Waals surface area contributed by atoms with Gasteiger partial charge in [-0.05, 0) is 63.6 Å². The van der Waals surface area contributed by atoms with E-state index < -0.39 is 38.5 Å². The zero-order chi connectivity index (χ0) is 22.7. The van der Waals surface area contributed by atoms with Gasteiger partial charge in [0, 0.05) is 6.10 Å². The van der Waals surface area contributed by atoms with Crippen LogP contribution in [0.2, 0.25) is 18.1 Å². The van der Waals surface area contributed by atoms with Gasteiger partial charge in [-0.25, -0.2) is 0 Å². The lowest BCUT2D eigenvalue weighted by molar-refractivity contribution is -0.383. The van der Waals surface area contributed by atoms with Crippen LogP contribution >= 0.6 is 0 Å². The molecule has 0 heterocycles. The maximum Gasteiger partial charge on any atom is 0.428 e. The molecule has 0 atom stereocenters. The largest absolute Gasteiger partial charge is 0.428 e. The Kier molecular flexibility index (Phi) is 8.70. The first-order valence-corrected chi connectivity index (χ1v) is 12.8. The molecule has 1 N–H and O–H groups in total. The van der Waals surface area contributed by atoms with Gasteiger partial charge >= 0.3 is 12.4 Å². The molecule has 0 unspecified atom stereocenters. The topological polar surface area (TPSA) is 38.7 Å². The van der Waals surface area contributed by atoms with Crippen molar-refractivity contribution in [2.45, 2.75) is 108 Å². The van der Waals surface area contributed by atoms with Crippen LogP contribution in [0.3, 0.4) is 0 Å². The second kappa shape index (κ2) is 9.44. The quantitative estimate of drug-likeness (QED) is 0.334. The summed E-state index contributed by atoms with van der Waals surface area (Å²) < 4.78 is 88.7. The highest BCUT2D eigenvalue weighted by Gasteiger charge is 2.71. The Hall–Kier alpha value is -0.323. The predicted molar refractivity (Wildman–Crippen MR) is 101 cm³/mol. The van der Waals surface area contributed by atoms with E-state index in [4.69, 9.17) is 9.16 Å². The molecule has 1 saturated carbocycles. The zero-order valence-electron chi connectivity index (χ0n) is 17.8. The van der Waals surface area contributed by atoms with Crippen molar-refractivity contribution in [1.82, 2.24) is 0 Å². The minimum atomic E-state index is -5.87. The molecule has 0 spiro atoms. The molecule has 10 heteroatoms. The first-order valence-electron chi connectivity index (χ1n) is 10.2. The van der Waals surface area contributed by atoms with Crippen molar-refractivity contribution in [2.24, 2.45) is 5.92 Å². The number of alkyl halides is 6. The summed E-state index contributed by atoms with van der Waals surface area (Å²) in [5, 5.41) is 9.31. The lowest BCUT2D eigenvalue weighted by Gasteiger charge is -2.43. The summed E-state index contributed by atoms with van der Waals surface area (Å²) in [6, 6.07) is 3.05. The van der Waals surface area contributed by atoms with E-state index >= 15 is 0 Å². The highest BCUT2D eigenvalue weighted by molar-refractivity contribution is 6.73. The van der Waals surface area contributed by atoms with E-state index in [1.54, 1.807) is 0 Å². The Labute approximate surface area is 170 Å². The van der Waals surface area contributed by atoms with Crippen LogP contribution in [0.5, 0.6) is 0 Å². The second-order valence-electron chi connectivity index (χ2n) is 8.58. The minimum absolute atomic E-state index is 0.0795. The fraction of sp³-hybridized carbons (Fsp3) is 1.00. The van der Waals surface area contributed by atoms with Gasteiger partial charge in [0.15, 0.2) is 8.32 Å². The molecule has 3 nitrogen and oxygen atoms in total. The molecule has 174 valence electrons. The highest BCUT2D eigenvalue weighted by atomic mass is 28.4. The van der Waals surface area contributed by atoms with Gasteiger partial charge in [-0.1, -0.05) is 20.8 Å². The molecule has 0 aromatic carbocycles. The van der Waals surface area contributed by atoms with Crippen molar-refractivity contribution in [1.29, 1.82) is 0 Å². The average molecular weight is 453 g/mol. The van der Waals surface area contributed by atoms with E-state index in [2.05, 4.69) is 20.8 Å². The highest BCUT2D eigenvalue weighted by Crippen LogP contribution is 2.45. The molecule has 0 amide bonds. The van der Waals surface area contributed by atoms with Crippen LogP contribution in [0, 0.1) is 5.92 Å². The van der Waals surface area contributed by atoms with E-state index in [9.17, 15) is 31.4 Å². The zero-order valence-corrected chi connectivity index (χ0v) is 18.8. The van der Waals surface area contributed by atoms with Gasteiger partial charge in [0.05, 0.1) is 12.2 Å². The van der Waals surface area contributed by atoms with Gasteiger partial charge in [0.1, 0.15) is 0 Å². The van der Waals surface area contributed by atoms with E-state index in [1.807, 2.05) is 0 Å². The molecular weight excluding hydrogens is 418 g/mol. The Morgan fingerprint density at radius 3 is 1.59 bits per heavy atom. The van der Waals surface area contributed by atoms with Crippen LogP contribution in [0.25, 0.3) is 0 Å². The van der Waals surface area contributed by atoms with Crippen LogP contribution in [-0.2, 0) is 9.16 Å². The van der Waals surface area contributed by atoms with Crippen LogP contribution in [0.1, 0.15) is 60.3 Å². The molecule has 0 radical (unpaired) electrons. The standard InChI is InChI=1S/C19H34F6O3Si/c1-6-29(7-2,8-3)28-15-11-9-14(10-12-15)16(4,5)27-13-17(26,18(20,21)22)19(23,24)25/h14-15,26H,6-13H2,1-5H3. The molecule has 1 fully saturated rings. The summed E-state index contributed by atoms with van der Waals surface area (Å²) >= 11 is 0. The average Bonchev–Trinajstić information content (AvgIpc) is 2.63. The second-order valence-corrected chi connectivity index (χ2v) is 13.3. The number of rotatable bonds is 9. The monoisotopic (exact) mass is 452 g/mol. The summed E-state index contributed by atoms with van der Waals surface area (Å²) in [5.74, 6) is -0.214. The summed E-state index contributed by atoms with van der Waals surface area (Å²) in [7, 11) is -1.77. The van der Waals surface area contributed by atoms with E-state index in [-0.39, 0.29) is 12.0 Å². The van der Waals surface area contributed by atoms with Crippen LogP contribution in [0.4, 0.5) is 26.3 Å². The molecular formula is C19H34F6O3Si. The van der Waals surface area contributed by atoms with Crippen molar-refractivity contribution in [3.63, 3.8) is 0 Å². The van der Waals surface area contributed by atoms with Crippen molar-refractivity contribution < 1.29 is 40.6 Å². The Morgan fingerprint density at radius 2 is 1.24 bits per heavy atom. The lowest BCUT2D eigenvalue weighted by atomic mass is 9.77. The van der Waals surface area contributed by atoms with Gasteiger partial charge in [-0.3, -0.25) is 0 Å². The smallest absolute Gasteiger partial charge is 0.414 e. The minimum Gasteiger partial charge on any atom is -0.414 e. The maximum atomic E-state index is 12.9. The SMILES string of the molecule is CC[Si](CC)(CC)OC1CCC(C(C)(C)OCC(O)(C(F)(F)F)C(F)(F)F)CC1. The summed E-state index contributed by atoms with van der Waals surface area (Å²) in [6.45, 7) is 7.48.